The van der Waals surface area contributed by atoms with Crippen molar-refractivity contribution < 1.29 is 3.08 Å². The van der Waals surface area contributed by atoms with E-state index < -0.39 is 21.1 Å². The normalized spacial score (nSPS) is 13.0. The zero-order valence-corrected chi connectivity index (χ0v) is 9.88. The van der Waals surface area contributed by atoms with Gasteiger partial charge < -0.3 is 0 Å². The van der Waals surface area contributed by atoms with E-state index in [2.05, 4.69) is 13.8 Å². The summed E-state index contributed by atoms with van der Waals surface area (Å²) in [5, 5.41) is 0. The molecule has 2 heteroatoms. The van der Waals surface area contributed by atoms with E-state index in [1.807, 2.05) is 0 Å². The molecule has 0 aliphatic heterocycles. The van der Waals surface area contributed by atoms with Crippen LogP contribution in [0, 0.1) is 5.92 Å². The first-order chi connectivity index (χ1) is 4.85. The Balaban J connectivity index is 3.29. The second kappa shape index (κ2) is 7.70. The molecule has 0 spiro atoms. The van der Waals surface area contributed by atoms with Crippen molar-refractivity contribution >= 4 is 21.1 Å². The predicted octanol–water partition coefficient (Wildman–Crippen LogP) is 2.67. The fraction of sp³-hybridized carbons (Fsp3) is 1.00. The van der Waals surface area contributed by atoms with Crippen molar-refractivity contribution in [3.05, 3.63) is 0 Å². The number of hydrogen-bond donors (Lipinski definition) is 0. The maximum atomic E-state index is 10.4. The molecule has 1 nitrogen and oxygen atoms in total. The molecule has 0 aromatic rings. The van der Waals surface area contributed by atoms with Crippen LogP contribution >= 0.6 is 0 Å². The Morgan fingerprint density at radius 2 is 2.10 bits per heavy atom. The van der Waals surface area contributed by atoms with E-state index >= 15 is 0 Å². The van der Waals surface area contributed by atoms with Gasteiger partial charge in [0.1, 0.15) is 0 Å². The summed E-state index contributed by atoms with van der Waals surface area (Å²) in [7, 11) is 0. The summed E-state index contributed by atoms with van der Waals surface area (Å²) in [5.41, 5.74) is 0. The van der Waals surface area contributed by atoms with E-state index in [9.17, 15) is 3.08 Å². The summed E-state index contributed by atoms with van der Waals surface area (Å²) in [6.45, 7) is 4.42. The summed E-state index contributed by atoms with van der Waals surface area (Å²) in [5.74, 6) is 0.782. The Morgan fingerprint density at radius 3 is 2.50 bits per heavy atom. The van der Waals surface area contributed by atoms with Crippen molar-refractivity contribution in [2.75, 3.05) is 0 Å². The van der Waals surface area contributed by atoms with Crippen LogP contribution in [0.3, 0.4) is 0 Å². The SMILES string of the molecule is CCCCC(CC)[CH2][Sn]=[O]. The van der Waals surface area contributed by atoms with Gasteiger partial charge >= 0.3 is 74.1 Å². The topological polar surface area (TPSA) is 17.1 Å². The third-order valence-corrected chi connectivity index (χ3v) is 4.04. The van der Waals surface area contributed by atoms with Crippen molar-refractivity contribution in [3.8, 4) is 0 Å². The molecule has 0 aromatic carbocycles. The molecule has 0 saturated carbocycles. The Morgan fingerprint density at radius 1 is 1.40 bits per heavy atom. The monoisotopic (exact) mass is 249 g/mol. The molecule has 0 saturated heterocycles. The molecule has 10 heavy (non-hydrogen) atoms. The van der Waals surface area contributed by atoms with Crippen molar-refractivity contribution in [1.82, 2.24) is 0 Å². The van der Waals surface area contributed by atoms with Crippen LogP contribution in [0.4, 0.5) is 0 Å². The molecule has 0 bridgehead atoms. The van der Waals surface area contributed by atoms with Crippen LogP contribution in [0.1, 0.15) is 39.5 Å². The first kappa shape index (κ1) is 10.6. The summed E-state index contributed by atoms with van der Waals surface area (Å²) in [6, 6.07) is 0. The Hall–Kier alpha value is 0.599. The van der Waals surface area contributed by atoms with E-state index in [1.165, 1.54) is 25.7 Å². The molecule has 0 rings (SSSR count). The van der Waals surface area contributed by atoms with Crippen LogP contribution in [-0.4, -0.2) is 21.1 Å². The van der Waals surface area contributed by atoms with E-state index in [4.69, 9.17) is 0 Å². The third kappa shape index (κ3) is 5.39. The summed E-state index contributed by atoms with van der Waals surface area (Å²) in [6.07, 6.45) is 5.12. The van der Waals surface area contributed by atoms with Gasteiger partial charge in [0.25, 0.3) is 0 Å². The fourth-order valence-electron chi connectivity index (χ4n) is 1.06. The van der Waals surface area contributed by atoms with Gasteiger partial charge in [-0.2, -0.15) is 0 Å². The van der Waals surface area contributed by atoms with E-state index in [1.54, 1.807) is 0 Å². The number of rotatable bonds is 6. The van der Waals surface area contributed by atoms with E-state index in [0.717, 1.165) is 10.4 Å². The molecule has 0 aliphatic rings. The van der Waals surface area contributed by atoms with Gasteiger partial charge in [0, 0.05) is 0 Å². The quantitative estimate of drug-likeness (QED) is 0.660. The molecular formula is C8H17OSn. The molecule has 0 heterocycles. The van der Waals surface area contributed by atoms with Crippen LogP contribution in [0.5, 0.6) is 0 Å². The number of hydrogen-bond acceptors (Lipinski definition) is 1. The molecule has 59 valence electrons. The molecule has 0 amide bonds. The van der Waals surface area contributed by atoms with Crippen LogP contribution in [0.15, 0.2) is 0 Å². The predicted molar refractivity (Wildman–Crippen MR) is 44.6 cm³/mol. The second-order valence-corrected chi connectivity index (χ2v) is 4.75. The Bertz CT molecular complexity index is 83.3. The van der Waals surface area contributed by atoms with Gasteiger partial charge in [-0.25, -0.2) is 0 Å². The van der Waals surface area contributed by atoms with E-state index in [0.29, 0.717) is 0 Å². The van der Waals surface area contributed by atoms with Crippen LogP contribution in [0.2, 0.25) is 4.44 Å². The zero-order chi connectivity index (χ0) is 7.82. The number of unbranched alkanes of at least 4 members (excludes halogenated alkanes) is 1. The molecular weight excluding hydrogens is 231 g/mol. The van der Waals surface area contributed by atoms with Gasteiger partial charge in [-0.3, -0.25) is 0 Å². The molecule has 0 fully saturated rings. The minimum absolute atomic E-state index is 0.782. The van der Waals surface area contributed by atoms with Crippen molar-refractivity contribution in [1.29, 1.82) is 0 Å². The average Bonchev–Trinajstić information content (AvgIpc) is 1.98. The van der Waals surface area contributed by atoms with Crippen LogP contribution in [-0.2, 0) is 3.08 Å². The fourth-order valence-corrected chi connectivity index (χ4v) is 3.14. The zero-order valence-electron chi connectivity index (χ0n) is 7.02. The van der Waals surface area contributed by atoms with Crippen molar-refractivity contribution in [2.24, 2.45) is 5.92 Å². The van der Waals surface area contributed by atoms with Gasteiger partial charge in [0.2, 0.25) is 0 Å². The maximum absolute atomic E-state index is 10.4. The Labute approximate surface area is 74.2 Å². The Kier molecular flexibility index (Phi) is 8.16. The average molecular weight is 248 g/mol. The van der Waals surface area contributed by atoms with Crippen molar-refractivity contribution in [3.63, 3.8) is 0 Å². The molecule has 0 N–H and O–H groups in total. The summed E-state index contributed by atoms with van der Waals surface area (Å²) in [4.78, 5) is 0. The van der Waals surface area contributed by atoms with Gasteiger partial charge in [0.05, 0.1) is 0 Å². The first-order valence-electron chi connectivity index (χ1n) is 4.20. The standard InChI is InChI=1S/C8H17.O.Sn/c1-4-6-7-8(3)5-2;;/h8H,3-7H2,1-2H3;;. The second-order valence-electron chi connectivity index (χ2n) is 2.76. The molecule has 1 atom stereocenters. The summed E-state index contributed by atoms with van der Waals surface area (Å²) < 4.78 is 11.5. The van der Waals surface area contributed by atoms with Gasteiger partial charge in [-0.1, -0.05) is 0 Å². The third-order valence-electron chi connectivity index (χ3n) is 1.92. The van der Waals surface area contributed by atoms with Gasteiger partial charge in [-0.05, 0) is 0 Å². The van der Waals surface area contributed by atoms with Crippen LogP contribution in [0.25, 0.3) is 0 Å². The minimum atomic E-state index is -1.15. The molecule has 0 aliphatic carbocycles. The van der Waals surface area contributed by atoms with Crippen molar-refractivity contribution in [2.45, 2.75) is 44.0 Å². The molecule has 1 unspecified atom stereocenters. The molecule has 0 aromatic heterocycles. The first-order valence-corrected chi connectivity index (χ1v) is 7.38. The molecule has 1 radical (unpaired) electrons. The van der Waals surface area contributed by atoms with E-state index in [-0.39, 0.29) is 0 Å². The summed E-state index contributed by atoms with van der Waals surface area (Å²) >= 11 is -1.15. The van der Waals surface area contributed by atoms with Crippen LogP contribution < -0.4 is 0 Å². The van der Waals surface area contributed by atoms with Gasteiger partial charge in [0.15, 0.2) is 0 Å². The van der Waals surface area contributed by atoms with Gasteiger partial charge in [-0.15, -0.1) is 0 Å².